The van der Waals surface area contributed by atoms with Crippen molar-refractivity contribution >= 4 is 11.6 Å². The third-order valence-electron chi connectivity index (χ3n) is 3.06. The number of hydrogen-bond acceptors (Lipinski definition) is 3. The normalized spacial score (nSPS) is 10.5. The Kier molecular flexibility index (Phi) is 5.42. The maximum absolute atomic E-state index is 13.1. The summed E-state index contributed by atoms with van der Waals surface area (Å²) in [6.07, 6.45) is 0.791. The van der Waals surface area contributed by atoms with Gasteiger partial charge in [0, 0.05) is 11.6 Å². The summed E-state index contributed by atoms with van der Waals surface area (Å²) in [5.41, 5.74) is 7.59. The van der Waals surface area contributed by atoms with Gasteiger partial charge in [0.2, 0.25) is 0 Å². The van der Waals surface area contributed by atoms with Gasteiger partial charge in [-0.3, -0.25) is 0 Å². The lowest BCUT2D eigenvalue weighted by Gasteiger charge is -2.12. The molecule has 2 N–H and O–H groups in total. The molecule has 0 fully saturated rings. The Morgan fingerprint density at radius 1 is 1.19 bits per heavy atom. The fraction of sp³-hybridized carbons (Fsp3) is 0.250. The maximum Gasteiger partial charge on any atom is 0.142 e. The Morgan fingerprint density at radius 2 is 2.00 bits per heavy atom. The van der Waals surface area contributed by atoms with Crippen molar-refractivity contribution in [2.75, 3.05) is 13.7 Å². The van der Waals surface area contributed by atoms with Crippen molar-refractivity contribution in [3.05, 3.63) is 58.4 Å². The summed E-state index contributed by atoms with van der Waals surface area (Å²) >= 11 is 5.73. The van der Waals surface area contributed by atoms with Crippen LogP contribution in [0, 0.1) is 5.82 Å². The molecule has 0 saturated heterocycles. The summed E-state index contributed by atoms with van der Waals surface area (Å²) in [5.74, 6) is 0.781. The first-order valence-electron chi connectivity index (χ1n) is 6.57. The van der Waals surface area contributed by atoms with E-state index < -0.39 is 5.82 Å². The van der Waals surface area contributed by atoms with Gasteiger partial charge in [-0.25, -0.2) is 4.39 Å². The molecule has 0 radical (unpaired) electrons. The van der Waals surface area contributed by atoms with Gasteiger partial charge in [-0.2, -0.15) is 0 Å². The first-order valence-corrected chi connectivity index (χ1v) is 6.95. The van der Waals surface area contributed by atoms with Crippen molar-refractivity contribution in [1.29, 1.82) is 0 Å². The maximum atomic E-state index is 13.1. The summed E-state index contributed by atoms with van der Waals surface area (Å²) in [6.45, 7) is 0.893. The largest absolute Gasteiger partial charge is 0.496 e. The molecule has 112 valence electrons. The van der Waals surface area contributed by atoms with Gasteiger partial charge in [0.05, 0.1) is 12.1 Å². The minimum absolute atomic E-state index is 0.0383. The van der Waals surface area contributed by atoms with Crippen molar-refractivity contribution < 1.29 is 13.9 Å². The van der Waals surface area contributed by atoms with Crippen LogP contribution in [0.25, 0.3) is 0 Å². The van der Waals surface area contributed by atoms with Crippen molar-refractivity contribution in [1.82, 2.24) is 0 Å². The number of nitrogens with two attached hydrogens (primary N) is 1. The highest BCUT2D eigenvalue weighted by Crippen LogP contribution is 2.25. The fourth-order valence-electron chi connectivity index (χ4n) is 1.99. The predicted octanol–water partition coefficient (Wildman–Crippen LogP) is 3.57. The molecule has 2 aromatic carbocycles. The number of ether oxygens (including phenoxy) is 2. The number of methoxy groups -OCH3 is 1. The Balaban J connectivity index is 2.13. The minimum Gasteiger partial charge on any atom is -0.496 e. The van der Waals surface area contributed by atoms with Crippen LogP contribution < -0.4 is 15.2 Å². The van der Waals surface area contributed by atoms with Crippen LogP contribution in [-0.4, -0.2) is 13.7 Å². The van der Waals surface area contributed by atoms with Crippen molar-refractivity contribution in [2.24, 2.45) is 5.73 Å². The van der Waals surface area contributed by atoms with Gasteiger partial charge in [-0.15, -0.1) is 0 Å². The number of hydrogen-bond donors (Lipinski definition) is 1. The average Bonchev–Trinajstić information content (AvgIpc) is 2.49. The topological polar surface area (TPSA) is 44.5 Å². The molecule has 21 heavy (non-hydrogen) atoms. The van der Waals surface area contributed by atoms with Crippen LogP contribution in [0.15, 0.2) is 36.4 Å². The lowest BCUT2D eigenvalue weighted by Crippen LogP contribution is -2.05. The Labute approximate surface area is 128 Å². The highest BCUT2D eigenvalue weighted by molar-refractivity contribution is 6.30. The van der Waals surface area contributed by atoms with Crippen LogP contribution in [0.3, 0.4) is 0 Å². The molecule has 0 bridgehead atoms. The SMILES string of the molecule is COc1ccc(CCN)cc1COc1ccc(F)c(Cl)c1. The van der Waals surface area contributed by atoms with Crippen LogP contribution in [-0.2, 0) is 13.0 Å². The molecule has 2 aromatic rings. The van der Waals surface area contributed by atoms with E-state index in [0.717, 1.165) is 23.3 Å². The molecule has 0 aromatic heterocycles. The molecule has 0 aliphatic heterocycles. The van der Waals surface area contributed by atoms with Crippen molar-refractivity contribution in [2.45, 2.75) is 13.0 Å². The van der Waals surface area contributed by atoms with Crippen LogP contribution in [0.1, 0.15) is 11.1 Å². The van der Waals surface area contributed by atoms with Gasteiger partial charge in [0.1, 0.15) is 23.9 Å². The third kappa shape index (κ3) is 4.09. The summed E-state index contributed by atoms with van der Waals surface area (Å²) in [5, 5.41) is 0.0383. The first kappa shape index (κ1) is 15.6. The van der Waals surface area contributed by atoms with Crippen LogP contribution in [0.5, 0.6) is 11.5 Å². The second kappa shape index (κ2) is 7.29. The number of rotatable bonds is 6. The summed E-state index contributed by atoms with van der Waals surface area (Å²) in [4.78, 5) is 0. The van der Waals surface area contributed by atoms with E-state index in [1.807, 2.05) is 18.2 Å². The molecule has 0 atom stereocenters. The van der Waals surface area contributed by atoms with E-state index >= 15 is 0 Å². The van der Waals surface area contributed by atoms with E-state index in [9.17, 15) is 4.39 Å². The zero-order chi connectivity index (χ0) is 15.2. The van der Waals surface area contributed by atoms with Crippen LogP contribution in [0.2, 0.25) is 5.02 Å². The zero-order valence-corrected chi connectivity index (χ0v) is 12.5. The molecule has 2 rings (SSSR count). The van der Waals surface area contributed by atoms with E-state index in [2.05, 4.69) is 0 Å². The Bertz CT molecular complexity index is 619. The van der Waals surface area contributed by atoms with E-state index in [1.54, 1.807) is 7.11 Å². The third-order valence-corrected chi connectivity index (χ3v) is 3.35. The number of halogens is 2. The molecular weight excluding hydrogens is 293 g/mol. The summed E-state index contributed by atoms with van der Waals surface area (Å²) in [6, 6.07) is 10.1. The van der Waals surface area contributed by atoms with Gasteiger partial charge in [0.15, 0.2) is 0 Å². The average molecular weight is 310 g/mol. The van der Waals surface area contributed by atoms with E-state index in [0.29, 0.717) is 18.9 Å². The van der Waals surface area contributed by atoms with E-state index in [4.69, 9.17) is 26.8 Å². The van der Waals surface area contributed by atoms with Gasteiger partial charge in [0.25, 0.3) is 0 Å². The molecule has 0 unspecified atom stereocenters. The van der Waals surface area contributed by atoms with Crippen LogP contribution in [0.4, 0.5) is 4.39 Å². The van der Waals surface area contributed by atoms with Gasteiger partial charge in [-0.1, -0.05) is 17.7 Å². The molecule has 0 amide bonds. The molecule has 0 aliphatic rings. The number of benzene rings is 2. The highest BCUT2D eigenvalue weighted by atomic mass is 35.5. The minimum atomic E-state index is -0.466. The van der Waals surface area contributed by atoms with Crippen molar-refractivity contribution in [3.63, 3.8) is 0 Å². The lowest BCUT2D eigenvalue weighted by atomic mass is 10.1. The second-order valence-electron chi connectivity index (χ2n) is 4.55. The Morgan fingerprint density at radius 3 is 2.67 bits per heavy atom. The van der Waals surface area contributed by atoms with E-state index in [1.165, 1.54) is 18.2 Å². The molecule has 0 spiro atoms. The molecule has 0 saturated carbocycles. The molecular formula is C16H17ClFNO2. The summed E-state index contributed by atoms with van der Waals surface area (Å²) < 4.78 is 24.1. The zero-order valence-electron chi connectivity index (χ0n) is 11.7. The van der Waals surface area contributed by atoms with Gasteiger partial charge >= 0.3 is 0 Å². The molecule has 0 aliphatic carbocycles. The predicted molar refractivity (Wildman–Crippen MR) is 81.5 cm³/mol. The first-order chi connectivity index (χ1) is 10.1. The van der Waals surface area contributed by atoms with Crippen molar-refractivity contribution in [3.8, 4) is 11.5 Å². The van der Waals surface area contributed by atoms with Crippen LogP contribution >= 0.6 is 11.6 Å². The fourth-order valence-corrected chi connectivity index (χ4v) is 2.17. The smallest absolute Gasteiger partial charge is 0.142 e. The molecule has 0 heterocycles. The molecule has 3 nitrogen and oxygen atoms in total. The lowest BCUT2D eigenvalue weighted by molar-refractivity contribution is 0.296. The second-order valence-corrected chi connectivity index (χ2v) is 4.96. The molecule has 5 heteroatoms. The standard InChI is InChI=1S/C16H17ClFNO2/c1-20-16-5-2-11(6-7-19)8-12(16)10-21-13-3-4-15(18)14(17)9-13/h2-5,8-9H,6-7,10,19H2,1H3. The highest BCUT2D eigenvalue weighted by Gasteiger charge is 2.07. The Hall–Kier alpha value is -1.78. The van der Waals surface area contributed by atoms with Gasteiger partial charge < -0.3 is 15.2 Å². The van der Waals surface area contributed by atoms with Gasteiger partial charge in [-0.05, 0) is 42.8 Å². The van der Waals surface area contributed by atoms with E-state index in [-0.39, 0.29) is 5.02 Å². The monoisotopic (exact) mass is 309 g/mol. The summed E-state index contributed by atoms with van der Waals surface area (Å²) in [7, 11) is 1.61. The quantitative estimate of drug-likeness (QED) is 0.887.